The van der Waals surface area contributed by atoms with Crippen LogP contribution in [0.4, 0.5) is 4.39 Å². The second-order valence-electron chi connectivity index (χ2n) is 6.40. The van der Waals surface area contributed by atoms with Crippen molar-refractivity contribution in [3.63, 3.8) is 0 Å². The summed E-state index contributed by atoms with van der Waals surface area (Å²) in [7, 11) is 0. The van der Waals surface area contributed by atoms with Gasteiger partial charge in [0.1, 0.15) is 11.6 Å². The number of aliphatic imine (C=N–C) groups is 1. The fourth-order valence-electron chi connectivity index (χ4n) is 2.98. The smallest absolute Gasteiger partial charge is 0.309 e. The molecule has 6 nitrogen and oxygen atoms in total. The molecule has 0 amide bonds. The number of halogens is 2. The van der Waals surface area contributed by atoms with E-state index in [1.54, 1.807) is 12.1 Å². The van der Waals surface area contributed by atoms with Gasteiger partial charge in [-0.15, -0.1) is 24.0 Å². The van der Waals surface area contributed by atoms with Gasteiger partial charge in [0.25, 0.3) is 0 Å². The van der Waals surface area contributed by atoms with Crippen molar-refractivity contribution in [1.29, 1.82) is 0 Å². The Morgan fingerprint density at radius 1 is 1.25 bits per heavy atom. The van der Waals surface area contributed by atoms with Crippen molar-refractivity contribution in [2.24, 2.45) is 10.9 Å². The second kappa shape index (κ2) is 13.6. The van der Waals surface area contributed by atoms with Gasteiger partial charge in [0.2, 0.25) is 0 Å². The molecule has 1 fully saturated rings. The summed E-state index contributed by atoms with van der Waals surface area (Å²) in [5.74, 6) is 1.18. The van der Waals surface area contributed by atoms with Crippen molar-refractivity contribution in [3.8, 4) is 5.75 Å². The van der Waals surface area contributed by atoms with Gasteiger partial charge in [-0.05, 0) is 51.0 Å². The number of carbonyl (C=O) groups is 1. The molecule has 0 spiro atoms. The third-order valence-corrected chi connectivity index (χ3v) is 4.40. The number of likely N-dealkylation sites (tertiary alicyclic amines) is 1. The molecule has 1 N–H and O–H groups in total. The quantitative estimate of drug-likeness (QED) is 0.192. The summed E-state index contributed by atoms with van der Waals surface area (Å²) in [4.78, 5) is 18.7. The summed E-state index contributed by atoms with van der Waals surface area (Å²) >= 11 is 0. The normalized spacial score (nSPS) is 15.0. The number of nitrogens with one attached hydrogen (secondary N) is 1. The van der Waals surface area contributed by atoms with Crippen molar-refractivity contribution in [2.75, 3.05) is 39.4 Å². The first-order valence-corrected chi connectivity index (χ1v) is 9.72. The van der Waals surface area contributed by atoms with Crippen molar-refractivity contribution in [3.05, 3.63) is 30.1 Å². The minimum absolute atomic E-state index is 0. The van der Waals surface area contributed by atoms with E-state index >= 15 is 0 Å². The minimum atomic E-state index is -0.269. The molecule has 1 aliphatic rings. The third-order valence-electron chi connectivity index (χ3n) is 4.40. The van der Waals surface area contributed by atoms with Crippen molar-refractivity contribution < 1.29 is 18.7 Å². The van der Waals surface area contributed by atoms with Gasteiger partial charge in [-0.1, -0.05) is 0 Å². The van der Waals surface area contributed by atoms with Crippen LogP contribution in [0, 0.1) is 11.7 Å². The molecule has 1 saturated heterocycles. The van der Waals surface area contributed by atoms with Crippen LogP contribution in [0.3, 0.4) is 0 Å². The lowest BCUT2D eigenvalue weighted by molar-refractivity contribution is -0.149. The zero-order valence-electron chi connectivity index (χ0n) is 16.7. The van der Waals surface area contributed by atoms with Crippen LogP contribution in [-0.2, 0) is 9.53 Å². The van der Waals surface area contributed by atoms with Gasteiger partial charge >= 0.3 is 5.97 Å². The Bertz CT molecular complexity index is 605. The van der Waals surface area contributed by atoms with Gasteiger partial charge in [0.05, 0.1) is 19.1 Å². The molecule has 0 aromatic heterocycles. The average Bonchev–Trinajstić information content (AvgIpc) is 2.68. The molecule has 0 atom stereocenters. The van der Waals surface area contributed by atoms with Crippen LogP contribution in [0.2, 0.25) is 0 Å². The van der Waals surface area contributed by atoms with Gasteiger partial charge in [0.15, 0.2) is 5.96 Å². The Kier molecular flexibility index (Phi) is 11.9. The van der Waals surface area contributed by atoms with E-state index in [0.29, 0.717) is 25.5 Å². The van der Waals surface area contributed by atoms with E-state index in [2.05, 4.69) is 15.2 Å². The van der Waals surface area contributed by atoms with E-state index in [-0.39, 0.29) is 41.7 Å². The van der Waals surface area contributed by atoms with E-state index in [4.69, 9.17) is 9.47 Å². The van der Waals surface area contributed by atoms with Crippen LogP contribution in [0.15, 0.2) is 29.3 Å². The number of ether oxygens (including phenoxy) is 2. The molecular weight excluding hydrogens is 476 g/mol. The lowest BCUT2D eigenvalue weighted by Gasteiger charge is -2.33. The van der Waals surface area contributed by atoms with Crippen LogP contribution in [0.25, 0.3) is 0 Å². The number of nitrogens with zero attached hydrogens (tertiary/aromatic N) is 2. The lowest BCUT2D eigenvalue weighted by Crippen LogP contribution is -2.46. The van der Waals surface area contributed by atoms with Gasteiger partial charge in [-0.3, -0.25) is 9.79 Å². The molecule has 8 heteroatoms. The van der Waals surface area contributed by atoms with Crippen LogP contribution in [0.5, 0.6) is 5.75 Å². The molecule has 0 unspecified atom stereocenters. The number of esters is 1. The maximum atomic E-state index is 12.9. The zero-order valence-corrected chi connectivity index (χ0v) is 19.0. The van der Waals surface area contributed by atoms with Gasteiger partial charge in [0, 0.05) is 32.6 Å². The Morgan fingerprint density at radius 2 is 1.93 bits per heavy atom. The molecule has 0 radical (unpaired) electrons. The standard InChI is InChI=1S/C20H30FN3O3.HI/c1-3-22-20(24-13-10-16(11-14-24)19(25)26-4-2)23-12-5-15-27-18-8-6-17(21)7-9-18;/h6-9,16H,3-5,10-15H2,1-2H3,(H,22,23);1H. The van der Waals surface area contributed by atoms with E-state index < -0.39 is 0 Å². The summed E-state index contributed by atoms with van der Waals surface area (Å²) in [5, 5.41) is 3.31. The van der Waals surface area contributed by atoms with Crippen molar-refractivity contribution >= 4 is 35.9 Å². The van der Waals surface area contributed by atoms with Crippen LogP contribution >= 0.6 is 24.0 Å². The number of rotatable bonds is 8. The van der Waals surface area contributed by atoms with Crippen LogP contribution in [-0.4, -0.2) is 56.2 Å². The van der Waals surface area contributed by atoms with Crippen molar-refractivity contribution in [1.82, 2.24) is 10.2 Å². The Labute approximate surface area is 183 Å². The Morgan fingerprint density at radius 3 is 2.54 bits per heavy atom. The molecule has 1 aromatic rings. The number of hydrogen-bond donors (Lipinski definition) is 1. The Balaban J connectivity index is 0.00000392. The number of piperidine rings is 1. The van der Waals surface area contributed by atoms with Crippen molar-refractivity contribution in [2.45, 2.75) is 33.1 Å². The highest BCUT2D eigenvalue weighted by molar-refractivity contribution is 14.0. The molecule has 2 rings (SSSR count). The topological polar surface area (TPSA) is 63.2 Å². The molecule has 1 heterocycles. The van der Waals surface area contributed by atoms with Crippen LogP contribution in [0.1, 0.15) is 33.1 Å². The molecule has 0 aliphatic carbocycles. The molecule has 0 saturated carbocycles. The molecule has 0 bridgehead atoms. The fraction of sp³-hybridized carbons (Fsp3) is 0.600. The zero-order chi connectivity index (χ0) is 19.5. The maximum absolute atomic E-state index is 12.9. The number of benzene rings is 1. The van der Waals surface area contributed by atoms with Gasteiger partial charge in [-0.2, -0.15) is 0 Å². The first-order chi connectivity index (χ1) is 13.1. The molecule has 1 aromatic carbocycles. The number of carbonyl (C=O) groups excluding carboxylic acids is 1. The molecule has 1 aliphatic heterocycles. The van der Waals surface area contributed by atoms with E-state index in [1.807, 2.05) is 13.8 Å². The maximum Gasteiger partial charge on any atom is 0.309 e. The molecular formula is C20H31FIN3O3. The lowest BCUT2D eigenvalue weighted by atomic mass is 9.97. The van der Waals surface area contributed by atoms with Gasteiger partial charge in [-0.25, -0.2) is 4.39 Å². The summed E-state index contributed by atoms with van der Waals surface area (Å²) in [5.41, 5.74) is 0. The first kappa shape index (κ1) is 24.5. The largest absolute Gasteiger partial charge is 0.494 e. The first-order valence-electron chi connectivity index (χ1n) is 9.72. The predicted octanol–water partition coefficient (Wildman–Crippen LogP) is 3.45. The summed E-state index contributed by atoms with van der Waals surface area (Å²) in [6.07, 6.45) is 2.35. The summed E-state index contributed by atoms with van der Waals surface area (Å²) in [6.45, 7) is 7.86. The average molecular weight is 507 g/mol. The highest BCUT2D eigenvalue weighted by Gasteiger charge is 2.27. The summed E-state index contributed by atoms with van der Waals surface area (Å²) < 4.78 is 23.6. The third kappa shape index (κ3) is 8.20. The SMILES string of the molecule is CCNC(=NCCCOc1ccc(F)cc1)N1CCC(C(=O)OCC)CC1.I. The second-order valence-corrected chi connectivity index (χ2v) is 6.40. The Hall–Kier alpha value is -1.58. The molecule has 28 heavy (non-hydrogen) atoms. The number of guanidine groups is 1. The predicted molar refractivity (Wildman–Crippen MR) is 119 cm³/mol. The van der Waals surface area contributed by atoms with E-state index in [0.717, 1.165) is 44.9 Å². The van der Waals surface area contributed by atoms with Gasteiger partial charge < -0.3 is 19.7 Å². The fourth-order valence-corrected chi connectivity index (χ4v) is 2.98. The highest BCUT2D eigenvalue weighted by atomic mass is 127. The molecule has 158 valence electrons. The van der Waals surface area contributed by atoms with Crippen LogP contribution < -0.4 is 10.1 Å². The monoisotopic (exact) mass is 507 g/mol. The van der Waals surface area contributed by atoms with E-state index in [1.165, 1.54) is 12.1 Å². The number of hydrogen-bond acceptors (Lipinski definition) is 4. The minimum Gasteiger partial charge on any atom is -0.494 e. The highest BCUT2D eigenvalue weighted by Crippen LogP contribution is 2.19. The van der Waals surface area contributed by atoms with E-state index in [9.17, 15) is 9.18 Å². The summed E-state index contributed by atoms with van der Waals surface area (Å²) in [6, 6.07) is 6.01.